The first kappa shape index (κ1) is 20.7. The second-order valence-electron chi connectivity index (χ2n) is 8.81. The van der Waals surface area contributed by atoms with Gasteiger partial charge in [0.2, 0.25) is 10.0 Å². The van der Waals surface area contributed by atoms with E-state index in [1.54, 1.807) is 24.3 Å². The van der Waals surface area contributed by atoms with Crippen molar-refractivity contribution in [1.82, 2.24) is 10.2 Å². The van der Waals surface area contributed by atoms with Gasteiger partial charge in [0.25, 0.3) is 5.91 Å². The molecule has 4 rings (SSSR count). The first-order valence-electron chi connectivity index (χ1n) is 11.1. The summed E-state index contributed by atoms with van der Waals surface area (Å²) in [4.78, 5) is 15.6. The third kappa shape index (κ3) is 4.45. The number of hydrogen-bond acceptors (Lipinski definition) is 4. The highest BCUT2D eigenvalue weighted by atomic mass is 32.2. The number of carbonyl (C=O) groups is 1. The van der Waals surface area contributed by atoms with Crippen molar-refractivity contribution in [3.63, 3.8) is 0 Å². The van der Waals surface area contributed by atoms with Crippen molar-refractivity contribution < 1.29 is 13.2 Å². The molecule has 0 radical (unpaired) electrons. The predicted octanol–water partition coefficient (Wildman–Crippen LogP) is 3.15. The molecule has 0 aromatic heterocycles. The standard InChI is InChI=1S/C22H33N3O3S/c26-21(19-9-7-10-20(17-19)25-15-8-16-29(25,27)28)23-18-22(11-3-1-4-12-22)24-13-5-2-6-14-24/h7,9-10,17H,1-6,8,11-16,18H2,(H,23,26). The Morgan fingerprint density at radius 1 is 0.966 bits per heavy atom. The number of nitrogens with zero attached hydrogens (tertiary/aromatic N) is 2. The number of sulfonamides is 1. The van der Waals surface area contributed by atoms with Crippen LogP contribution in [0.3, 0.4) is 0 Å². The van der Waals surface area contributed by atoms with Gasteiger partial charge in [0.15, 0.2) is 0 Å². The molecule has 3 aliphatic rings. The summed E-state index contributed by atoms with van der Waals surface area (Å²) in [6.07, 6.45) is 10.5. The molecule has 29 heavy (non-hydrogen) atoms. The Hall–Kier alpha value is -1.60. The molecule has 0 bridgehead atoms. The summed E-state index contributed by atoms with van der Waals surface area (Å²) < 4.78 is 25.9. The lowest BCUT2D eigenvalue weighted by molar-refractivity contribution is 0.0326. The molecule has 2 heterocycles. The van der Waals surface area contributed by atoms with Crippen LogP contribution in [0.2, 0.25) is 0 Å². The summed E-state index contributed by atoms with van der Waals surface area (Å²) in [5.41, 5.74) is 1.22. The number of carbonyl (C=O) groups excluding carboxylic acids is 1. The fourth-order valence-electron chi connectivity index (χ4n) is 5.26. The lowest BCUT2D eigenvalue weighted by atomic mass is 9.79. The summed E-state index contributed by atoms with van der Waals surface area (Å²) in [7, 11) is -3.24. The van der Waals surface area contributed by atoms with Gasteiger partial charge in [-0.05, 0) is 63.4 Å². The molecular weight excluding hydrogens is 386 g/mol. The number of anilines is 1. The van der Waals surface area contributed by atoms with E-state index in [2.05, 4.69) is 10.2 Å². The highest BCUT2D eigenvalue weighted by Crippen LogP contribution is 2.35. The number of amides is 1. The molecule has 160 valence electrons. The monoisotopic (exact) mass is 419 g/mol. The third-order valence-electron chi connectivity index (χ3n) is 6.88. The maximum Gasteiger partial charge on any atom is 0.251 e. The topological polar surface area (TPSA) is 69.7 Å². The molecule has 2 saturated heterocycles. The molecule has 1 aliphatic carbocycles. The fourth-order valence-corrected chi connectivity index (χ4v) is 6.82. The van der Waals surface area contributed by atoms with Crippen LogP contribution in [0.4, 0.5) is 5.69 Å². The van der Waals surface area contributed by atoms with Gasteiger partial charge in [-0.2, -0.15) is 0 Å². The Bertz CT molecular complexity index is 827. The molecule has 0 spiro atoms. The molecule has 6 nitrogen and oxygen atoms in total. The van der Waals surface area contributed by atoms with Crippen molar-refractivity contribution in [3.8, 4) is 0 Å². The highest BCUT2D eigenvalue weighted by molar-refractivity contribution is 7.93. The van der Waals surface area contributed by atoms with E-state index < -0.39 is 10.0 Å². The molecule has 2 aliphatic heterocycles. The minimum atomic E-state index is -3.24. The normalized spacial score (nSPS) is 24.3. The van der Waals surface area contributed by atoms with Gasteiger partial charge in [-0.25, -0.2) is 8.42 Å². The summed E-state index contributed by atoms with van der Waals surface area (Å²) in [6.45, 7) is 3.44. The number of likely N-dealkylation sites (tertiary alicyclic amines) is 1. The van der Waals surface area contributed by atoms with E-state index in [0.717, 1.165) is 25.9 Å². The molecule has 1 N–H and O–H groups in total. The molecule has 1 aromatic rings. The zero-order chi connectivity index (χ0) is 20.3. The van der Waals surface area contributed by atoms with Crippen LogP contribution in [0.15, 0.2) is 24.3 Å². The molecule has 1 saturated carbocycles. The third-order valence-corrected chi connectivity index (χ3v) is 8.75. The average Bonchev–Trinajstić information content (AvgIpc) is 3.12. The Kier molecular flexibility index (Phi) is 6.16. The molecule has 7 heteroatoms. The van der Waals surface area contributed by atoms with Gasteiger partial charge in [-0.3, -0.25) is 14.0 Å². The summed E-state index contributed by atoms with van der Waals surface area (Å²) in [5, 5.41) is 3.20. The van der Waals surface area contributed by atoms with Crippen molar-refractivity contribution >= 4 is 21.6 Å². The minimum Gasteiger partial charge on any atom is -0.350 e. The summed E-state index contributed by atoms with van der Waals surface area (Å²) in [6, 6.07) is 7.04. The first-order chi connectivity index (χ1) is 14.0. The number of hydrogen-bond donors (Lipinski definition) is 1. The average molecular weight is 420 g/mol. The van der Waals surface area contributed by atoms with Gasteiger partial charge < -0.3 is 5.32 Å². The summed E-state index contributed by atoms with van der Waals surface area (Å²) >= 11 is 0. The Balaban J connectivity index is 1.46. The fraction of sp³-hybridized carbons (Fsp3) is 0.682. The number of nitrogens with one attached hydrogen (secondary N) is 1. The van der Waals surface area contributed by atoms with E-state index in [1.807, 2.05) is 0 Å². The smallest absolute Gasteiger partial charge is 0.251 e. The van der Waals surface area contributed by atoms with Gasteiger partial charge in [0.1, 0.15) is 0 Å². The van der Waals surface area contributed by atoms with E-state index in [0.29, 0.717) is 30.8 Å². The largest absolute Gasteiger partial charge is 0.350 e. The van der Waals surface area contributed by atoms with E-state index >= 15 is 0 Å². The van der Waals surface area contributed by atoms with Crippen molar-refractivity contribution in [1.29, 1.82) is 0 Å². The van der Waals surface area contributed by atoms with Gasteiger partial charge >= 0.3 is 0 Å². The van der Waals surface area contributed by atoms with Gasteiger partial charge in [-0.1, -0.05) is 31.7 Å². The van der Waals surface area contributed by atoms with Crippen LogP contribution < -0.4 is 9.62 Å². The second kappa shape index (κ2) is 8.64. The Labute approximate surface area is 174 Å². The van der Waals surface area contributed by atoms with Crippen LogP contribution >= 0.6 is 0 Å². The Morgan fingerprint density at radius 2 is 1.69 bits per heavy atom. The van der Waals surface area contributed by atoms with Crippen molar-refractivity contribution in [2.75, 3.05) is 36.2 Å². The lowest BCUT2D eigenvalue weighted by Crippen LogP contribution is -2.58. The number of rotatable bonds is 5. The number of benzene rings is 1. The molecular formula is C22H33N3O3S. The first-order valence-corrected chi connectivity index (χ1v) is 12.7. The van der Waals surface area contributed by atoms with Crippen LogP contribution in [0.25, 0.3) is 0 Å². The van der Waals surface area contributed by atoms with Crippen LogP contribution in [0.5, 0.6) is 0 Å². The van der Waals surface area contributed by atoms with Gasteiger partial charge in [0, 0.05) is 24.2 Å². The van der Waals surface area contributed by atoms with Crippen LogP contribution in [0.1, 0.15) is 68.1 Å². The van der Waals surface area contributed by atoms with Gasteiger partial charge in [0.05, 0.1) is 11.4 Å². The zero-order valence-electron chi connectivity index (χ0n) is 17.2. The molecule has 3 fully saturated rings. The SMILES string of the molecule is O=C(NCC1(N2CCCCC2)CCCCC1)c1cccc(N2CCCS2(=O)=O)c1. The maximum absolute atomic E-state index is 12.9. The second-order valence-corrected chi connectivity index (χ2v) is 10.8. The highest BCUT2D eigenvalue weighted by Gasteiger charge is 2.38. The van der Waals surface area contributed by atoms with E-state index in [1.165, 1.54) is 42.8 Å². The van der Waals surface area contributed by atoms with Crippen LogP contribution in [-0.2, 0) is 10.0 Å². The van der Waals surface area contributed by atoms with Crippen molar-refractivity contribution in [2.24, 2.45) is 0 Å². The van der Waals surface area contributed by atoms with Crippen LogP contribution in [-0.4, -0.2) is 56.7 Å². The van der Waals surface area contributed by atoms with Crippen molar-refractivity contribution in [3.05, 3.63) is 29.8 Å². The minimum absolute atomic E-state index is 0.0875. The number of piperidine rings is 1. The van der Waals surface area contributed by atoms with Crippen LogP contribution in [0, 0.1) is 0 Å². The van der Waals surface area contributed by atoms with Gasteiger partial charge in [-0.15, -0.1) is 0 Å². The molecule has 0 atom stereocenters. The van der Waals surface area contributed by atoms with Crippen molar-refractivity contribution in [2.45, 2.75) is 63.3 Å². The summed E-state index contributed by atoms with van der Waals surface area (Å²) in [5.74, 6) is 0.0762. The molecule has 1 amide bonds. The molecule has 1 aromatic carbocycles. The predicted molar refractivity (Wildman–Crippen MR) is 116 cm³/mol. The maximum atomic E-state index is 12.9. The lowest BCUT2D eigenvalue weighted by Gasteiger charge is -2.48. The quantitative estimate of drug-likeness (QED) is 0.796. The van der Waals surface area contributed by atoms with E-state index in [9.17, 15) is 13.2 Å². The zero-order valence-corrected chi connectivity index (χ0v) is 18.1. The van der Waals surface area contributed by atoms with E-state index in [-0.39, 0.29) is 17.2 Å². The Morgan fingerprint density at radius 3 is 2.38 bits per heavy atom. The molecule has 0 unspecified atom stereocenters. The van der Waals surface area contributed by atoms with E-state index in [4.69, 9.17) is 0 Å².